The van der Waals surface area contributed by atoms with Crippen molar-refractivity contribution in [2.45, 2.75) is 38.4 Å². The average Bonchev–Trinajstić information content (AvgIpc) is 2.09. The van der Waals surface area contributed by atoms with Gasteiger partial charge in [-0.25, -0.2) is 0 Å². The van der Waals surface area contributed by atoms with Gasteiger partial charge in [-0.05, 0) is 12.8 Å². The van der Waals surface area contributed by atoms with Gasteiger partial charge in [-0.3, -0.25) is 0 Å². The summed E-state index contributed by atoms with van der Waals surface area (Å²) in [6, 6.07) is 0. The van der Waals surface area contributed by atoms with E-state index in [1.807, 2.05) is 0 Å². The predicted octanol–water partition coefficient (Wildman–Crippen LogP) is 0.953. The van der Waals surface area contributed by atoms with Gasteiger partial charge in [0.25, 0.3) is 0 Å². The van der Waals surface area contributed by atoms with Crippen LogP contribution in [0.5, 0.6) is 0 Å². The van der Waals surface area contributed by atoms with Gasteiger partial charge in [-0.2, -0.15) is 0 Å². The van der Waals surface area contributed by atoms with Crippen LogP contribution in [0.25, 0.3) is 0 Å². The van der Waals surface area contributed by atoms with Gasteiger partial charge in [-0.15, -0.1) is 0 Å². The first-order valence-electron chi connectivity index (χ1n) is 4.72. The maximum Gasteiger partial charge on any atom is 0.103 e. The van der Waals surface area contributed by atoms with Gasteiger partial charge in [0.15, 0.2) is 0 Å². The van der Waals surface area contributed by atoms with Crippen LogP contribution in [-0.4, -0.2) is 37.1 Å². The highest BCUT2D eigenvalue weighted by Gasteiger charge is 2.23. The Labute approximate surface area is 73.7 Å². The molecule has 0 bridgehead atoms. The summed E-state index contributed by atoms with van der Waals surface area (Å²) in [5.74, 6) is 0. The van der Waals surface area contributed by atoms with Crippen LogP contribution in [0.15, 0.2) is 0 Å². The Morgan fingerprint density at radius 3 is 3.08 bits per heavy atom. The molecule has 0 amide bonds. The lowest BCUT2D eigenvalue weighted by Crippen LogP contribution is -2.38. The molecule has 3 nitrogen and oxygen atoms in total. The molecule has 1 N–H and O–H groups in total. The van der Waals surface area contributed by atoms with Crippen LogP contribution in [0.3, 0.4) is 0 Å². The fraction of sp³-hybridized carbons (Fsp3) is 1.00. The second-order valence-corrected chi connectivity index (χ2v) is 3.19. The number of hydrogen-bond acceptors (Lipinski definition) is 3. The van der Waals surface area contributed by atoms with Crippen molar-refractivity contribution in [1.29, 1.82) is 0 Å². The summed E-state index contributed by atoms with van der Waals surface area (Å²) >= 11 is 0. The van der Waals surface area contributed by atoms with Crippen molar-refractivity contribution < 1.29 is 14.6 Å². The van der Waals surface area contributed by atoms with Gasteiger partial charge < -0.3 is 14.6 Å². The summed E-state index contributed by atoms with van der Waals surface area (Å²) in [5.41, 5.74) is 0. The van der Waals surface area contributed by atoms with Crippen LogP contribution in [0.1, 0.15) is 26.2 Å². The summed E-state index contributed by atoms with van der Waals surface area (Å²) in [4.78, 5) is 0. The van der Waals surface area contributed by atoms with E-state index < -0.39 is 6.10 Å². The molecule has 72 valence electrons. The Morgan fingerprint density at radius 1 is 1.58 bits per heavy atom. The molecule has 0 aliphatic carbocycles. The number of aliphatic hydroxyl groups is 1. The van der Waals surface area contributed by atoms with Crippen molar-refractivity contribution >= 4 is 0 Å². The fourth-order valence-corrected chi connectivity index (χ4v) is 1.28. The molecule has 1 aliphatic rings. The van der Waals surface area contributed by atoms with Crippen LogP contribution in [0.2, 0.25) is 0 Å². The van der Waals surface area contributed by atoms with Crippen molar-refractivity contribution in [3.8, 4) is 0 Å². The summed E-state index contributed by atoms with van der Waals surface area (Å²) in [6.45, 7) is 4.03. The van der Waals surface area contributed by atoms with Crippen LogP contribution < -0.4 is 0 Å². The van der Waals surface area contributed by atoms with E-state index in [2.05, 4.69) is 6.92 Å². The van der Waals surface area contributed by atoms with E-state index in [4.69, 9.17) is 9.47 Å². The molecule has 2 atom stereocenters. The minimum atomic E-state index is -0.421. The Hall–Kier alpha value is -0.120. The first kappa shape index (κ1) is 9.96. The first-order valence-corrected chi connectivity index (χ1v) is 4.72. The lowest BCUT2D eigenvalue weighted by atomic mass is 10.1. The van der Waals surface area contributed by atoms with E-state index in [-0.39, 0.29) is 6.10 Å². The van der Waals surface area contributed by atoms with Crippen LogP contribution >= 0.6 is 0 Å². The van der Waals surface area contributed by atoms with E-state index in [1.54, 1.807) is 0 Å². The van der Waals surface area contributed by atoms with Crippen molar-refractivity contribution in [1.82, 2.24) is 0 Å². The maximum atomic E-state index is 9.42. The van der Waals surface area contributed by atoms with Gasteiger partial charge in [0, 0.05) is 13.2 Å². The van der Waals surface area contributed by atoms with Crippen LogP contribution in [-0.2, 0) is 9.47 Å². The third-order valence-corrected chi connectivity index (χ3v) is 2.09. The Bertz CT molecular complexity index is 116. The van der Waals surface area contributed by atoms with Crippen molar-refractivity contribution in [3.05, 3.63) is 0 Å². The Morgan fingerprint density at radius 2 is 2.42 bits per heavy atom. The van der Waals surface area contributed by atoms with E-state index in [0.717, 1.165) is 25.9 Å². The molecule has 0 radical (unpaired) electrons. The smallest absolute Gasteiger partial charge is 0.103 e. The topological polar surface area (TPSA) is 38.7 Å². The van der Waals surface area contributed by atoms with Crippen molar-refractivity contribution in [2.24, 2.45) is 0 Å². The molecule has 12 heavy (non-hydrogen) atoms. The summed E-state index contributed by atoms with van der Waals surface area (Å²) in [5, 5.41) is 9.42. The molecule has 0 aromatic heterocycles. The molecule has 1 saturated heterocycles. The molecule has 1 heterocycles. The van der Waals surface area contributed by atoms with E-state index in [1.165, 1.54) is 0 Å². The van der Waals surface area contributed by atoms with Gasteiger partial charge in [0.05, 0.1) is 12.7 Å². The normalized spacial score (nSPS) is 30.5. The highest BCUT2D eigenvalue weighted by atomic mass is 16.5. The minimum Gasteiger partial charge on any atom is -0.388 e. The third kappa shape index (κ3) is 3.09. The van der Waals surface area contributed by atoms with E-state index in [0.29, 0.717) is 13.2 Å². The molecule has 1 aliphatic heterocycles. The number of hydrogen-bond donors (Lipinski definition) is 1. The molecule has 1 rings (SSSR count). The zero-order chi connectivity index (χ0) is 8.81. The molecule has 3 heteroatoms. The van der Waals surface area contributed by atoms with E-state index in [9.17, 15) is 5.11 Å². The fourth-order valence-electron chi connectivity index (χ4n) is 1.28. The SMILES string of the molecule is CCCCOC1CCOCC1O. The van der Waals surface area contributed by atoms with Crippen LogP contribution in [0, 0.1) is 0 Å². The van der Waals surface area contributed by atoms with Gasteiger partial charge in [-0.1, -0.05) is 13.3 Å². The van der Waals surface area contributed by atoms with Crippen molar-refractivity contribution in [2.75, 3.05) is 19.8 Å². The number of ether oxygens (including phenoxy) is 2. The number of rotatable bonds is 4. The monoisotopic (exact) mass is 174 g/mol. The molecule has 1 fully saturated rings. The van der Waals surface area contributed by atoms with Gasteiger partial charge >= 0.3 is 0 Å². The number of unbranched alkanes of at least 4 members (excludes halogenated alkanes) is 1. The Kier molecular flexibility index (Phi) is 4.58. The quantitative estimate of drug-likeness (QED) is 0.645. The minimum absolute atomic E-state index is 0.00491. The first-order chi connectivity index (χ1) is 5.84. The average molecular weight is 174 g/mol. The van der Waals surface area contributed by atoms with E-state index >= 15 is 0 Å². The summed E-state index contributed by atoms with van der Waals surface area (Å²) < 4.78 is 10.6. The van der Waals surface area contributed by atoms with Crippen LogP contribution in [0.4, 0.5) is 0 Å². The maximum absolute atomic E-state index is 9.42. The highest BCUT2D eigenvalue weighted by Crippen LogP contribution is 2.11. The second-order valence-electron chi connectivity index (χ2n) is 3.19. The highest BCUT2D eigenvalue weighted by molar-refractivity contribution is 4.72. The molecule has 2 unspecified atom stereocenters. The summed E-state index contributed by atoms with van der Waals surface area (Å²) in [6.07, 6.45) is 2.62. The lowest BCUT2D eigenvalue weighted by molar-refractivity contribution is -0.114. The summed E-state index contributed by atoms with van der Waals surface area (Å²) in [7, 11) is 0. The molecule has 0 aromatic rings. The predicted molar refractivity (Wildman–Crippen MR) is 46.1 cm³/mol. The third-order valence-electron chi connectivity index (χ3n) is 2.09. The largest absolute Gasteiger partial charge is 0.388 e. The van der Waals surface area contributed by atoms with Crippen molar-refractivity contribution in [3.63, 3.8) is 0 Å². The molecule has 0 aromatic carbocycles. The van der Waals surface area contributed by atoms with Gasteiger partial charge in [0.2, 0.25) is 0 Å². The zero-order valence-corrected chi connectivity index (χ0v) is 7.66. The standard InChI is InChI=1S/C9H18O3/c1-2-3-5-12-9-4-6-11-7-8(9)10/h8-10H,2-7H2,1H3. The Balaban J connectivity index is 2.11. The molecule has 0 saturated carbocycles. The molecular formula is C9H18O3. The lowest BCUT2D eigenvalue weighted by Gasteiger charge is -2.27. The van der Waals surface area contributed by atoms with Gasteiger partial charge in [0.1, 0.15) is 6.10 Å². The second kappa shape index (κ2) is 5.51. The zero-order valence-electron chi connectivity index (χ0n) is 7.66. The molecule has 0 spiro atoms. The number of aliphatic hydroxyl groups excluding tert-OH is 1. The molecular weight excluding hydrogens is 156 g/mol.